The molecular weight excluding hydrogens is 380 g/mol. The van der Waals surface area contributed by atoms with E-state index in [0.29, 0.717) is 17.7 Å². The summed E-state index contributed by atoms with van der Waals surface area (Å²) in [4.78, 5) is 38.1. The van der Waals surface area contributed by atoms with Crippen molar-refractivity contribution >= 4 is 35.1 Å². The number of ether oxygens (including phenoxy) is 1. The lowest BCUT2D eigenvalue weighted by atomic mass is 10.1. The molecule has 1 aliphatic rings. The summed E-state index contributed by atoms with van der Waals surface area (Å²) in [5.41, 5.74) is 1.81. The fourth-order valence-corrected chi connectivity index (χ4v) is 3.06. The summed E-state index contributed by atoms with van der Waals surface area (Å²) in [6.07, 6.45) is 0.536. The Morgan fingerprint density at radius 2 is 1.82 bits per heavy atom. The van der Waals surface area contributed by atoms with Crippen LogP contribution in [0.2, 0.25) is 0 Å². The number of carbonyl (C=O) groups is 3. The molecule has 2 amide bonds. The van der Waals surface area contributed by atoms with Gasteiger partial charge in [-0.05, 0) is 37.1 Å². The molecule has 1 aliphatic heterocycles. The third-order valence-corrected chi connectivity index (χ3v) is 4.57. The Morgan fingerprint density at radius 1 is 1.07 bits per heavy atom. The molecule has 0 unspecified atom stereocenters. The molecule has 2 aromatic rings. The van der Waals surface area contributed by atoms with Crippen molar-refractivity contribution in [1.29, 1.82) is 0 Å². The van der Waals surface area contributed by atoms with Crippen LogP contribution in [0.5, 0.6) is 0 Å². The van der Waals surface area contributed by atoms with E-state index in [4.69, 9.17) is 16.3 Å². The van der Waals surface area contributed by atoms with Crippen LogP contribution in [-0.2, 0) is 20.7 Å². The zero-order chi connectivity index (χ0) is 20.1. The Balaban J connectivity index is 1.72. The summed E-state index contributed by atoms with van der Waals surface area (Å²) in [6.45, 7) is 2.21. The maximum absolute atomic E-state index is 12.7. The number of nitrogens with zero attached hydrogens (tertiary/aromatic N) is 1. The van der Waals surface area contributed by atoms with Crippen LogP contribution < -0.4 is 5.32 Å². The molecule has 3 rings (SSSR count). The summed E-state index contributed by atoms with van der Waals surface area (Å²) < 4.78 is 4.97. The van der Waals surface area contributed by atoms with Gasteiger partial charge in [-0.2, -0.15) is 0 Å². The van der Waals surface area contributed by atoms with Crippen molar-refractivity contribution in [2.45, 2.75) is 13.3 Å². The van der Waals surface area contributed by atoms with Gasteiger partial charge in [-0.3, -0.25) is 14.5 Å². The van der Waals surface area contributed by atoms with Crippen LogP contribution >= 0.6 is 11.6 Å². The maximum Gasteiger partial charge on any atom is 0.338 e. The fourth-order valence-electron chi connectivity index (χ4n) is 2.83. The molecule has 1 heterocycles. The van der Waals surface area contributed by atoms with Crippen LogP contribution in [0.1, 0.15) is 22.8 Å². The number of rotatable bonds is 7. The quantitative estimate of drug-likeness (QED) is 0.572. The van der Waals surface area contributed by atoms with Gasteiger partial charge < -0.3 is 10.1 Å². The highest BCUT2D eigenvalue weighted by atomic mass is 35.5. The van der Waals surface area contributed by atoms with E-state index in [1.807, 2.05) is 30.3 Å². The van der Waals surface area contributed by atoms with Gasteiger partial charge in [0.25, 0.3) is 11.8 Å². The standard InChI is InChI=1S/C21H19ClN2O4/c1-2-28-21(27)15-9-6-10-16(13-15)23-18-17(22)19(25)24(20(18)26)12-11-14-7-4-3-5-8-14/h3-10,13,23H,2,11-12H2,1H3. The van der Waals surface area contributed by atoms with Crippen LogP contribution in [0, 0.1) is 0 Å². The van der Waals surface area contributed by atoms with Crippen molar-refractivity contribution < 1.29 is 19.1 Å². The van der Waals surface area contributed by atoms with Gasteiger partial charge in [-0.15, -0.1) is 0 Å². The minimum atomic E-state index is -0.536. The normalized spacial score (nSPS) is 13.9. The second kappa shape index (κ2) is 8.71. The highest BCUT2D eigenvalue weighted by Gasteiger charge is 2.37. The molecule has 0 spiro atoms. The number of hydrogen-bond donors (Lipinski definition) is 1. The van der Waals surface area contributed by atoms with Crippen molar-refractivity contribution in [2.24, 2.45) is 0 Å². The van der Waals surface area contributed by atoms with E-state index >= 15 is 0 Å². The third kappa shape index (κ3) is 4.23. The molecule has 1 N–H and O–H groups in total. The molecule has 0 aliphatic carbocycles. The molecule has 2 aromatic carbocycles. The topological polar surface area (TPSA) is 75.7 Å². The lowest BCUT2D eigenvalue weighted by molar-refractivity contribution is -0.137. The maximum atomic E-state index is 12.7. The number of anilines is 1. The first-order chi connectivity index (χ1) is 13.5. The number of carbonyl (C=O) groups excluding carboxylic acids is 3. The molecule has 6 nitrogen and oxygen atoms in total. The lowest BCUT2D eigenvalue weighted by Crippen LogP contribution is -2.34. The van der Waals surface area contributed by atoms with Gasteiger partial charge in [0.1, 0.15) is 10.7 Å². The first-order valence-electron chi connectivity index (χ1n) is 8.85. The predicted octanol–water partition coefficient (Wildman–Crippen LogP) is 3.34. The minimum Gasteiger partial charge on any atom is -0.462 e. The van der Waals surface area contributed by atoms with Gasteiger partial charge in [0.05, 0.1) is 12.2 Å². The van der Waals surface area contributed by atoms with Gasteiger partial charge in [0, 0.05) is 12.2 Å². The van der Waals surface area contributed by atoms with E-state index < -0.39 is 17.8 Å². The molecule has 28 heavy (non-hydrogen) atoms. The van der Waals surface area contributed by atoms with E-state index in [2.05, 4.69) is 5.32 Å². The molecule has 0 aromatic heterocycles. The smallest absolute Gasteiger partial charge is 0.338 e. The van der Waals surface area contributed by atoms with Crippen LogP contribution in [-0.4, -0.2) is 35.8 Å². The summed E-state index contributed by atoms with van der Waals surface area (Å²) in [6, 6.07) is 16.0. The third-order valence-electron chi connectivity index (χ3n) is 4.22. The monoisotopic (exact) mass is 398 g/mol. The molecule has 7 heteroatoms. The van der Waals surface area contributed by atoms with Crippen molar-refractivity contribution in [2.75, 3.05) is 18.5 Å². The van der Waals surface area contributed by atoms with Crippen LogP contribution in [0.25, 0.3) is 0 Å². The van der Waals surface area contributed by atoms with Gasteiger partial charge in [-0.25, -0.2) is 4.79 Å². The molecule has 0 bridgehead atoms. The Bertz CT molecular complexity index is 940. The van der Waals surface area contributed by atoms with E-state index in [9.17, 15) is 14.4 Å². The Hall–Kier alpha value is -3.12. The Labute approximate surface area is 167 Å². The van der Waals surface area contributed by atoms with Crippen molar-refractivity contribution in [1.82, 2.24) is 4.90 Å². The van der Waals surface area contributed by atoms with Gasteiger partial charge in [0.2, 0.25) is 0 Å². The van der Waals surface area contributed by atoms with Gasteiger partial charge in [0.15, 0.2) is 0 Å². The van der Waals surface area contributed by atoms with Crippen LogP contribution in [0.4, 0.5) is 5.69 Å². The number of esters is 1. The first kappa shape index (κ1) is 19.6. The summed E-state index contributed by atoms with van der Waals surface area (Å²) in [7, 11) is 0. The predicted molar refractivity (Wildman–Crippen MR) is 106 cm³/mol. The molecule has 0 saturated heterocycles. The molecule has 0 atom stereocenters. The minimum absolute atomic E-state index is 0.000683. The average molecular weight is 399 g/mol. The molecule has 144 valence electrons. The number of amides is 2. The van der Waals surface area contributed by atoms with E-state index in [1.165, 1.54) is 0 Å². The Morgan fingerprint density at radius 3 is 2.54 bits per heavy atom. The fraction of sp³-hybridized carbons (Fsp3) is 0.190. The second-order valence-corrected chi connectivity index (χ2v) is 6.49. The summed E-state index contributed by atoms with van der Waals surface area (Å²) in [5.74, 6) is -1.50. The number of benzene rings is 2. The SMILES string of the molecule is CCOC(=O)c1cccc(NC2=C(Cl)C(=O)N(CCc3ccccc3)C2=O)c1. The molecule has 0 radical (unpaired) electrons. The van der Waals surface area contributed by atoms with Crippen LogP contribution in [0.15, 0.2) is 65.3 Å². The number of hydrogen-bond acceptors (Lipinski definition) is 5. The van der Waals surface area contributed by atoms with Crippen molar-refractivity contribution in [3.05, 3.63) is 76.5 Å². The highest BCUT2D eigenvalue weighted by molar-refractivity contribution is 6.48. The van der Waals surface area contributed by atoms with Crippen LogP contribution in [0.3, 0.4) is 0 Å². The van der Waals surface area contributed by atoms with Crippen molar-refractivity contribution in [3.8, 4) is 0 Å². The van der Waals surface area contributed by atoms with Crippen molar-refractivity contribution in [3.63, 3.8) is 0 Å². The van der Waals surface area contributed by atoms with Gasteiger partial charge >= 0.3 is 5.97 Å². The van der Waals surface area contributed by atoms with E-state index in [-0.39, 0.29) is 23.9 Å². The average Bonchev–Trinajstić information content (AvgIpc) is 2.91. The lowest BCUT2D eigenvalue weighted by Gasteiger charge is -2.15. The number of nitrogens with one attached hydrogen (secondary N) is 1. The van der Waals surface area contributed by atoms with Gasteiger partial charge in [-0.1, -0.05) is 48.0 Å². The molecular formula is C21H19ClN2O4. The second-order valence-electron chi connectivity index (χ2n) is 6.11. The number of imide groups is 1. The molecule has 0 fully saturated rings. The zero-order valence-electron chi connectivity index (χ0n) is 15.3. The zero-order valence-corrected chi connectivity index (χ0v) is 16.0. The highest BCUT2D eigenvalue weighted by Crippen LogP contribution is 2.26. The molecule has 0 saturated carbocycles. The summed E-state index contributed by atoms with van der Waals surface area (Å²) >= 11 is 6.12. The largest absolute Gasteiger partial charge is 0.462 e. The van der Waals surface area contributed by atoms with E-state index in [0.717, 1.165) is 10.5 Å². The van der Waals surface area contributed by atoms with E-state index in [1.54, 1.807) is 31.2 Å². The number of halogens is 1. The summed E-state index contributed by atoms with van der Waals surface area (Å²) in [5, 5.41) is 2.70. The Kier molecular flexibility index (Phi) is 6.11. The first-order valence-corrected chi connectivity index (χ1v) is 9.23.